The molecule has 0 heterocycles. The molecule has 0 aliphatic rings. The van der Waals surface area contributed by atoms with Gasteiger partial charge in [-0.1, -0.05) is 32.0 Å². The third-order valence-electron chi connectivity index (χ3n) is 3.22. The highest BCUT2D eigenvalue weighted by Crippen LogP contribution is 2.23. The number of aliphatic hydroxyl groups excluding tert-OH is 1. The zero-order chi connectivity index (χ0) is 14.6. The Morgan fingerprint density at radius 1 is 1.11 bits per heavy atom. The van der Waals surface area contributed by atoms with Crippen molar-refractivity contribution in [3.8, 4) is 0 Å². The van der Waals surface area contributed by atoms with Gasteiger partial charge in [-0.15, -0.1) is 0 Å². The van der Waals surface area contributed by atoms with E-state index in [0.717, 1.165) is 0 Å². The minimum atomic E-state index is -1.01. The second-order valence-corrected chi connectivity index (χ2v) is 4.67. The summed E-state index contributed by atoms with van der Waals surface area (Å²) in [6.45, 7) is 4.67. The van der Waals surface area contributed by atoms with E-state index in [0.29, 0.717) is 11.3 Å². The Morgan fingerprint density at radius 2 is 1.68 bits per heavy atom. The summed E-state index contributed by atoms with van der Waals surface area (Å²) in [4.78, 5) is 22.8. The van der Waals surface area contributed by atoms with E-state index in [2.05, 4.69) is 5.32 Å². The summed E-state index contributed by atoms with van der Waals surface area (Å²) < 4.78 is 0. The van der Waals surface area contributed by atoms with Gasteiger partial charge >= 0.3 is 5.97 Å². The van der Waals surface area contributed by atoms with Crippen molar-refractivity contribution in [1.82, 2.24) is 0 Å². The number of amides is 1. The maximum absolute atomic E-state index is 12.0. The van der Waals surface area contributed by atoms with Gasteiger partial charge in [0.05, 0.1) is 12.0 Å². The summed E-state index contributed by atoms with van der Waals surface area (Å²) in [5, 5.41) is 21.2. The number of hydrogen-bond acceptors (Lipinski definition) is 3. The molecule has 5 heteroatoms. The number of rotatable bonds is 5. The van der Waals surface area contributed by atoms with Crippen molar-refractivity contribution < 1.29 is 19.8 Å². The van der Waals surface area contributed by atoms with Gasteiger partial charge in [0.15, 0.2) is 0 Å². The molecule has 1 aromatic carbocycles. The average molecular weight is 265 g/mol. The van der Waals surface area contributed by atoms with Gasteiger partial charge in [-0.25, -0.2) is 0 Å². The SMILES string of the molecule is CC(O)c1ccccc1NC(=O)C(C)C(C)C(=O)O. The minimum absolute atomic E-state index is 0.372. The molecule has 3 atom stereocenters. The lowest BCUT2D eigenvalue weighted by Gasteiger charge is -2.18. The molecule has 0 fully saturated rings. The maximum Gasteiger partial charge on any atom is 0.307 e. The van der Waals surface area contributed by atoms with Crippen LogP contribution in [-0.4, -0.2) is 22.1 Å². The zero-order valence-corrected chi connectivity index (χ0v) is 11.3. The van der Waals surface area contributed by atoms with Gasteiger partial charge in [0.2, 0.25) is 5.91 Å². The first-order chi connectivity index (χ1) is 8.84. The van der Waals surface area contributed by atoms with Crippen molar-refractivity contribution in [1.29, 1.82) is 0 Å². The van der Waals surface area contributed by atoms with Crippen molar-refractivity contribution in [2.45, 2.75) is 26.9 Å². The predicted molar refractivity (Wildman–Crippen MR) is 71.7 cm³/mol. The number of benzene rings is 1. The number of carboxylic acid groups (broad SMARTS) is 1. The third-order valence-corrected chi connectivity index (χ3v) is 3.22. The number of para-hydroxylation sites is 1. The number of aliphatic hydroxyl groups is 1. The number of nitrogens with one attached hydrogen (secondary N) is 1. The van der Waals surface area contributed by atoms with Crippen molar-refractivity contribution >= 4 is 17.6 Å². The molecule has 0 aliphatic carbocycles. The van der Waals surface area contributed by atoms with Crippen LogP contribution < -0.4 is 5.32 Å². The molecule has 1 rings (SSSR count). The van der Waals surface area contributed by atoms with Gasteiger partial charge in [-0.3, -0.25) is 9.59 Å². The molecular weight excluding hydrogens is 246 g/mol. The predicted octanol–water partition coefficient (Wildman–Crippen LogP) is 2.04. The van der Waals surface area contributed by atoms with E-state index in [1.54, 1.807) is 38.1 Å². The van der Waals surface area contributed by atoms with Gasteiger partial charge in [0.1, 0.15) is 0 Å². The van der Waals surface area contributed by atoms with E-state index in [9.17, 15) is 14.7 Å². The van der Waals surface area contributed by atoms with Gasteiger partial charge in [-0.05, 0) is 13.0 Å². The molecule has 104 valence electrons. The van der Waals surface area contributed by atoms with Crippen molar-refractivity contribution in [3.05, 3.63) is 29.8 Å². The first-order valence-electron chi connectivity index (χ1n) is 6.15. The number of aliphatic carboxylic acids is 1. The van der Waals surface area contributed by atoms with Crippen LogP contribution in [-0.2, 0) is 9.59 Å². The molecule has 0 bridgehead atoms. The Bertz CT molecular complexity index is 470. The highest BCUT2D eigenvalue weighted by Gasteiger charge is 2.26. The van der Waals surface area contributed by atoms with Crippen LogP contribution in [0.25, 0.3) is 0 Å². The Labute approximate surface area is 112 Å². The first kappa shape index (κ1) is 15.2. The Kier molecular flexibility index (Phi) is 5.06. The van der Waals surface area contributed by atoms with Crippen LogP contribution in [0.3, 0.4) is 0 Å². The van der Waals surface area contributed by atoms with Gasteiger partial charge in [0, 0.05) is 17.2 Å². The molecule has 0 aromatic heterocycles. The fourth-order valence-corrected chi connectivity index (χ4v) is 1.66. The highest BCUT2D eigenvalue weighted by molar-refractivity contribution is 5.95. The van der Waals surface area contributed by atoms with Gasteiger partial charge < -0.3 is 15.5 Å². The molecule has 5 nitrogen and oxygen atoms in total. The fraction of sp³-hybridized carbons (Fsp3) is 0.429. The molecule has 0 spiro atoms. The molecule has 19 heavy (non-hydrogen) atoms. The fourth-order valence-electron chi connectivity index (χ4n) is 1.66. The monoisotopic (exact) mass is 265 g/mol. The van der Waals surface area contributed by atoms with E-state index in [4.69, 9.17) is 5.11 Å². The number of anilines is 1. The van der Waals surface area contributed by atoms with Crippen LogP contribution in [0.5, 0.6) is 0 Å². The first-order valence-corrected chi connectivity index (χ1v) is 6.15. The summed E-state index contributed by atoms with van der Waals surface area (Å²) in [7, 11) is 0. The van der Waals surface area contributed by atoms with Crippen molar-refractivity contribution in [3.63, 3.8) is 0 Å². The van der Waals surface area contributed by atoms with E-state index >= 15 is 0 Å². The normalized spacial score (nSPS) is 15.4. The topological polar surface area (TPSA) is 86.6 Å². The van der Waals surface area contributed by atoms with Crippen LogP contribution >= 0.6 is 0 Å². The second kappa shape index (κ2) is 6.33. The molecule has 3 unspecified atom stereocenters. The van der Waals surface area contributed by atoms with E-state index in [-0.39, 0.29) is 5.91 Å². The standard InChI is InChI=1S/C14H19NO4/c1-8(9(2)14(18)19)13(17)15-12-7-5-4-6-11(12)10(3)16/h4-10,16H,1-3H3,(H,15,17)(H,18,19). The summed E-state index contributed by atoms with van der Waals surface area (Å²) in [6, 6.07) is 6.90. The van der Waals surface area contributed by atoms with E-state index < -0.39 is 23.9 Å². The summed E-state index contributed by atoms with van der Waals surface area (Å²) in [5.41, 5.74) is 1.11. The molecule has 0 saturated heterocycles. The molecule has 0 saturated carbocycles. The van der Waals surface area contributed by atoms with Gasteiger partial charge in [-0.2, -0.15) is 0 Å². The minimum Gasteiger partial charge on any atom is -0.481 e. The van der Waals surface area contributed by atoms with Gasteiger partial charge in [0.25, 0.3) is 0 Å². The number of carboxylic acids is 1. The molecule has 3 N–H and O–H groups in total. The van der Waals surface area contributed by atoms with Crippen LogP contribution in [0.4, 0.5) is 5.69 Å². The summed E-state index contributed by atoms with van der Waals surface area (Å²) in [5.74, 6) is -2.80. The van der Waals surface area contributed by atoms with Crippen LogP contribution in [0.1, 0.15) is 32.4 Å². The van der Waals surface area contributed by atoms with Crippen LogP contribution in [0.2, 0.25) is 0 Å². The number of hydrogen-bond donors (Lipinski definition) is 3. The third kappa shape index (κ3) is 3.79. The zero-order valence-electron chi connectivity index (χ0n) is 11.3. The van der Waals surface area contributed by atoms with Crippen molar-refractivity contribution in [2.24, 2.45) is 11.8 Å². The number of carbonyl (C=O) groups is 2. The van der Waals surface area contributed by atoms with E-state index in [1.165, 1.54) is 6.92 Å². The van der Waals surface area contributed by atoms with Crippen LogP contribution in [0.15, 0.2) is 24.3 Å². The Balaban J connectivity index is 2.85. The molecule has 0 aliphatic heterocycles. The van der Waals surface area contributed by atoms with Crippen molar-refractivity contribution in [2.75, 3.05) is 5.32 Å². The molecular formula is C14H19NO4. The summed E-state index contributed by atoms with van der Waals surface area (Å²) >= 11 is 0. The highest BCUT2D eigenvalue weighted by atomic mass is 16.4. The lowest BCUT2D eigenvalue weighted by Crippen LogP contribution is -2.30. The maximum atomic E-state index is 12.0. The largest absolute Gasteiger partial charge is 0.481 e. The quantitative estimate of drug-likeness (QED) is 0.760. The molecule has 1 amide bonds. The summed E-state index contributed by atoms with van der Waals surface area (Å²) in [6.07, 6.45) is -0.705. The Morgan fingerprint density at radius 3 is 2.21 bits per heavy atom. The smallest absolute Gasteiger partial charge is 0.307 e. The average Bonchev–Trinajstić information content (AvgIpc) is 2.37. The molecule has 1 aromatic rings. The lowest BCUT2D eigenvalue weighted by molar-refractivity contribution is -0.145. The Hall–Kier alpha value is -1.88. The lowest BCUT2D eigenvalue weighted by atomic mass is 9.95. The number of carbonyl (C=O) groups excluding carboxylic acids is 1. The second-order valence-electron chi connectivity index (χ2n) is 4.67. The van der Waals surface area contributed by atoms with E-state index in [1.807, 2.05) is 0 Å². The van der Waals surface area contributed by atoms with Crippen LogP contribution in [0, 0.1) is 11.8 Å². The molecule has 0 radical (unpaired) electrons.